The number of amides is 1. The van der Waals surface area contributed by atoms with Crippen LogP contribution in [0, 0.1) is 5.82 Å². The molecule has 0 saturated heterocycles. The molecule has 9 heteroatoms. The van der Waals surface area contributed by atoms with E-state index in [1.807, 2.05) is 0 Å². The van der Waals surface area contributed by atoms with Gasteiger partial charge in [0.2, 0.25) is 5.75 Å². The maximum atomic E-state index is 14.5. The number of hydrogen-bond donors (Lipinski definition) is 6. The highest BCUT2D eigenvalue weighted by molar-refractivity contribution is 6.09. The second kappa shape index (κ2) is 7.10. The van der Waals surface area contributed by atoms with Crippen molar-refractivity contribution in [3.63, 3.8) is 0 Å². The summed E-state index contributed by atoms with van der Waals surface area (Å²) in [4.78, 5) is 23.4. The largest absolute Gasteiger partial charge is 0.507 e. The number of halogens is 1. The van der Waals surface area contributed by atoms with Gasteiger partial charge in [0.25, 0.3) is 5.91 Å². The molecule has 0 spiro atoms. The monoisotopic (exact) mass is 389 g/mol. The van der Waals surface area contributed by atoms with Crippen LogP contribution in [0.4, 0.5) is 10.1 Å². The van der Waals surface area contributed by atoms with Gasteiger partial charge in [-0.1, -0.05) is 6.07 Å². The number of carboxylic acid groups (broad SMARTS) is 1. The number of rotatable bonds is 4. The second-order valence-corrected chi connectivity index (χ2v) is 6.25. The molecule has 1 aliphatic carbocycles. The van der Waals surface area contributed by atoms with Gasteiger partial charge in [-0.3, -0.25) is 4.79 Å². The van der Waals surface area contributed by atoms with Crippen LogP contribution in [0.15, 0.2) is 35.4 Å². The van der Waals surface area contributed by atoms with E-state index in [1.54, 1.807) is 0 Å². The standard InChI is InChI=1S/C19H16FNO7/c20-11-6-8(15-13(22)7-14(23)16(24)17(15)25)4-5-12(11)21-18(26)9-2-1-3-10(9)19(27)28/h4-7,22-25H,1-3H2,(H,21,26)(H,27,28). The van der Waals surface area contributed by atoms with Crippen LogP contribution in [0.5, 0.6) is 23.0 Å². The van der Waals surface area contributed by atoms with Crippen molar-refractivity contribution < 1.29 is 39.5 Å². The zero-order valence-corrected chi connectivity index (χ0v) is 14.4. The fraction of sp³-hybridized carbons (Fsp3) is 0.158. The lowest BCUT2D eigenvalue weighted by molar-refractivity contribution is -0.133. The lowest BCUT2D eigenvalue weighted by Crippen LogP contribution is -2.17. The SMILES string of the molecule is O=C(O)C1=C(C(=O)Nc2ccc(-c3c(O)cc(O)c(O)c3O)cc2F)CCC1. The fourth-order valence-corrected chi connectivity index (χ4v) is 3.12. The van der Waals surface area contributed by atoms with Crippen LogP contribution < -0.4 is 5.32 Å². The van der Waals surface area contributed by atoms with E-state index in [2.05, 4.69) is 5.32 Å². The number of nitrogens with one attached hydrogen (secondary N) is 1. The van der Waals surface area contributed by atoms with E-state index in [-0.39, 0.29) is 40.8 Å². The number of phenolic OH excluding ortho intramolecular Hbond substituents is 4. The lowest BCUT2D eigenvalue weighted by Gasteiger charge is -2.12. The molecule has 0 aliphatic heterocycles. The molecule has 0 unspecified atom stereocenters. The zero-order chi connectivity index (χ0) is 20.6. The minimum absolute atomic E-state index is 0.00365. The number of carbonyl (C=O) groups is 2. The summed E-state index contributed by atoms with van der Waals surface area (Å²) in [7, 11) is 0. The van der Waals surface area contributed by atoms with E-state index in [1.165, 1.54) is 12.1 Å². The summed E-state index contributed by atoms with van der Waals surface area (Å²) >= 11 is 0. The Balaban J connectivity index is 1.92. The maximum absolute atomic E-state index is 14.5. The van der Waals surface area contributed by atoms with Crippen LogP contribution in [0.1, 0.15) is 19.3 Å². The van der Waals surface area contributed by atoms with E-state index in [9.17, 15) is 34.4 Å². The fourth-order valence-electron chi connectivity index (χ4n) is 3.12. The highest BCUT2D eigenvalue weighted by Gasteiger charge is 2.26. The third-order valence-corrected chi connectivity index (χ3v) is 4.49. The van der Waals surface area contributed by atoms with E-state index >= 15 is 0 Å². The summed E-state index contributed by atoms with van der Waals surface area (Å²) in [6.07, 6.45) is 1.07. The minimum atomic E-state index is -1.18. The highest BCUT2D eigenvalue weighted by Crippen LogP contribution is 2.48. The third-order valence-electron chi connectivity index (χ3n) is 4.49. The Morgan fingerprint density at radius 1 is 0.929 bits per heavy atom. The number of carboxylic acids is 1. The van der Waals surface area contributed by atoms with Gasteiger partial charge in [-0.2, -0.15) is 0 Å². The number of aromatic hydroxyl groups is 4. The average Bonchev–Trinajstić information content (AvgIpc) is 3.12. The summed E-state index contributed by atoms with van der Waals surface area (Å²) in [5.74, 6) is -5.86. The third kappa shape index (κ3) is 3.29. The predicted octanol–water partition coefficient (Wildman–Crippen LogP) is 2.82. The number of carbonyl (C=O) groups excluding carboxylic acids is 1. The molecule has 8 nitrogen and oxygen atoms in total. The quantitative estimate of drug-likeness (QED) is 0.348. The molecule has 0 saturated carbocycles. The van der Waals surface area contributed by atoms with Gasteiger partial charge in [-0.05, 0) is 37.0 Å². The molecule has 0 radical (unpaired) electrons. The molecular formula is C19H16FNO7. The predicted molar refractivity (Wildman–Crippen MR) is 95.6 cm³/mol. The molecular weight excluding hydrogens is 373 g/mol. The van der Waals surface area contributed by atoms with Gasteiger partial charge in [-0.25, -0.2) is 9.18 Å². The first-order valence-corrected chi connectivity index (χ1v) is 8.24. The van der Waals surface area contributed by atoms with Gasteiger partial charge in [0.05, 0.1) is 11.3 Å². The van der Waals surface area contributed by atoms with Crippen LogP contribution in [0.25, 0.3) is 11.1 Å². The number of anilines is 1. The molecule has 3 rings (SSSR count). The summed E-state index contributed by atoms with van der Waals surface area (Å²) < 4.78 is 14.5. The van der Waals surface area contributed by atoms with E-state index in [4.69, 9.17) is 5.11 Å². The molecule has 2 aromatic carbocycles. The Kier molecular flexibility index (Phi) is 4.83. The first-order valence-electron chi connectivity index (χ1n) is 8.24. The molecule has 28 heavy (non-hydrogen) atoms. The Bertz CT molecular complexity index is 1030. The topological polar surface area (TPSA) is 147 Å². The molecule has 6 N–H and O–H groups in total. The first-order chi connectivity index (χ1) is 13.2. The normalized spacial score (nSPS) is 13.6. The molecule has 0 fully saturated rings. The zero-order valence-electron chi connectivity index (χ0n) is 14.4. The number of benzene rings is 2. The van der Waals surface area contributed by atoms with Crippen LogP contribution in [0.3, 0.4) is 0 Å². The molecule has 0 bridgehead atoms. The summed E-state index contributed by atoms with van der Waals surface area (Å²) in [6, 6.07) is 4.13. The highest BCUT2D eigenvalue weighted by atomic mass is 19.1. The van der Waals surface area contributed by atoms with Crippen molar-refractivity contribution in [1.29, 1.82) is 0 Å². The summed E-state index contributed by atoms with van der Waals surface area (Å²) in [5, 5.41) is 50.2. The van der Waals surface area contributed by atoms with Gasteiger partial charge < -0.3 is 30.8 Å². The molecule has 2 aromatic rings. The Hall–Kier alpha value is -3.75. The minimum Gasteiger partial charge on any atom is -0.507 e. The summed E-state index contributed by atoms with van der Waals surface area (Å²) in [5.41, 5.74) is -0.454. The summed E-state index contributed by atoms with van der Waals surface area (Å²) in [6.45, 7) is 0. The second-order valence-electron chi connectivity index (χ2n) is 6.25. The van der Waals surface area contributed by atoms with Gasteiger partial charge >= 0.3 is 5.97 Å². The Labute approximate surface area is 157 Å². The Morgan fingerprint density at radius 3 is 2.25 bits per heavy atom. The molecule has 146 valence electrons. The first kappa shape index (κ1) is 19.0. The van der Waals surface area contributed by atoms with Crippen molar-refractivity contribution in [3.8, 4) is 34.1 Å². The molecule has 0 atom stereocenters. The van der Waals surface area contributed by atoms with Crippen LogP contribution in [-0.4, -0.2) is 37.4 Å². The lowest BCUT2D eigenvalue weighted by atomic mass is 10.0. The van der Waals surface area contributed by atoms with Crippen molar-refractivity contribution in [2.24, 2.45) is 0 Å². The smallest absolute Gasteiger partial charge is 0.332 e. The molecule has 1 aliphatic rings. The van der Waals surface area contributed by atoms with Gasteiger partial charge in [0.15, 0.2) is 11.5 Å². The van der Waals surface area contributed by atoms with Crippen LogP contribution in [-0.2, 0) is 9.59 Å². The van der Waals surface area contributed by atoms with Crippen molar-refractivity contribution in [2.75, 3.05) is 5.32 Å². The van der Waals surface area contributed by atoms with Gasteiger partial charge in [0, 0.05) is 17.2 Å². The van der Waals surface area contributed by atoms with Gasteiger partial charge in [0.1, 0.15) is 11.6 Å². The van der Waals surface area contributed by atoms with Crippen molar-refractivity contribution in [1.82, 2.24) is 0 Å². The number of aliphatic carboxylic acids is 1. The van der Waals surface area contributed by atoms with Gasteiger partial charge in [-0.15, -0.1) is 0 Å². The number of hydrogen-bond acceptors (Lipinski definition) is 6. The molecule has 0 aromatic heterocycles. The van der Waals surface area contributed by atoms with Crippen molar-refractivity contribution in [3.05, 3.63) is 41.2 Å². The van der Waals surface area contributed by atoms with Crippen molar-refractivity contribution >= 4 is 17.6 Å². The average molecular weight is 389 g/mol. The van der Waals surface area contributed by atoms with Crippen LogP contribution in [0.2, 0.25) is 0 Å². The maximum Gasteiger partial charge on any atom is 0.332 e. The number of phenols is 4. The van der Waals surface area contributed by atoms with Crippen LogP contribution >= 0.6 is 0 Å². The van der Waals surface area contributed by atoms with E-state index in [0.29, 0.717) is 6.42 Å². The molecule has 1 amide bonds. The van der Waals surface area contributed by atoms with E-state index < -0.39 is 40.7 Å². The molecule has 0 heterocycles. The Morgan fingerprint density at radius 2 is 1.61 bits per heavy atom. The van der Waals surface area contributed by atoms with E-state index in [0.717, 1.165) is 12.1 Å². The van der Waals surface area contributed by atoms with Crippen molar-refractivity contribution in [2.45, 2.75) is 19.3 Å².